The van der Waals surface area contributed by atoms with Crippen LogP contribution in [0, 0.1) is 0 Å². The van der Waals surface area contributed by atoms with Crippen LogP contribution in [-0.2, 0) is 9.59 Å². The van der Waals surface area contributed by atoms with E-state index in [1.807, 2.05) is 24.3 Å². The summed E-state index contributed by atoms with van der Waals surface area (Å²) >= 11 is 15.0. The molecule has 2 aromatic carbocycles. The molecule has 5 nitrogen and oxygen atoms in total. The average Bonchev–Trinajstić information content (AvgIpc) is 2.56. The van der Waals surface area contributed by atoms with Gasteiger partial charge in [0.05, 0.1) is 15.8 Å². The van der Waals surface area contributed by atoms with Gasteiger partial charge in [-0.1, -0.05) is 51.3 Å². The summed E-state index contributed by atoms with van der Waals surface area (Å²) in [5.74, 6) is -1.75. The van der Waals surface area contributed by atoms with Crippen LogP contribution in [0.3, 0.4) is 0 Å². The Morgan fingerprint density at radius 3 is 2.29 bits per heavy atom. The molecule has 0 aliphatic carbocycles. The fraction of sp³-hybridized carbons (Fsp3) is 0.0625. The van der Waals surface area contributed by atoms with E-state index in [1.165, 1.54) is 18.2 Å². The van der Waals surface area contributed by atoms with E-state index in [0.717, 1.165) is 10.0 Å². The lowest BCUT2D eigenvalue weighted by atomic mass is 10.1. The van der Waals surface area contributed by atoms with Crippen molar-refractivity contribution >= 4 is 62.3 Å². The molecule has 0 aromatic heterocycles. The smallest absolute Gasteiger partial charge is 0.318 e. The lowest BCUT2D eigenvalue weighted by molar-refractivity contribution is -0.136. The third-order valence-electron chi connectivity index (χ3n) is 2.97. The molecule has 124 valence electrons. The largest absolute Gasteiger partial charge is 0.329 e. The van der Waals surface area contributed by atoms with Crippen molar-refractivity contribution in [3.63, 3.8) is 0 Å². The SMILES string of the molecule is C/C(=N\NC(=O)C(=O)Nc1ccc(Cl)c(Cl)c1)c1ccc(Br)cc1. The molecule has 0 spiro atoms. The molecule has 0 unspecified atom stereocenters. The van der Waals surface area contributed by atoms with Crippen molar-refractivity contribution < 1.29 is 9.59 Å². The highest BCUT2D eigenvalue weighted by atomic mass is 79.9. The predicted octanol–water partition coefficient (Wildman–Crippen LogP) is 4.23. The number of hydrogen-bond acceptors (Lipinski definition) is 3. The highest BCUT2D eigenvalue weighted by Gasteiger charge is 2.14. The molecule has 0 saturated heterocycles. The Kier molecular flexibility index (Phi) is 6.36. The van der Waals surface area contributed by atoms with Gasteiger partial charge in [0.1, 0.15) is 0 Å². The fourth-order valence-corrected chi connectivity index (χ4v) is 2.27. The minimum Gasteiger partial charge on any atom is -0.318 e. The van der Waals surface area contributed by atoms with E-state index in [1.54, 1.807) is 6.92 Å². The zero-order valence-corrected chi connectivity index (χ0v) is 15.5. The normalized spacial score (nSPS) is 11.1. The first-order valence-electron chi connectivity index (χ1n) is 6.73. The first-order valence-corrected chi connectivity index (χ1v) is 8.28. The molecule has 2 aromatic rings. The van der Waals surface area contributed by atoms with Gasteiger partial charge in [0.25, 0.3) is 0 Å². The summed E-state index contributed by atoms with van der Waals surface area (Å²) in [7, 11) is 0. The first kappa shape index (κ1) is 18.4. The maximum Gasteiger partial charge on any atom is 0.329 e. The molecule has 0 bridgehead atoms. The number of halogens is 3. The van der Waals surface area contributed by atoms with Crippen LogP contribution >= 0.6 is 39.1 Å². The molecule has 0 atom stereocenters. The van der Waals surface area contributed by atoms with Crippen LogP contribution in [-0.4, -0.2) is 17.5 Å². The van der Waals surface area contributed by atoms with E-state index in [-0.39, 0.29) is 5.02 Å². The van der Waals surface area contributed by atoms with Crippen molar-refractivity contribution in [1.82, 2.24) is 5.43 Å². The van der Waals surface area contributed by atoms with Crippen molar-refractivity contribution in [3.8, 4) is 0 Å². The van der Waals surface area contributed by atoms with Crippen LogP contribution in [0.2, 0.25) is 10.0 Å². The van der Waals surface area contributed by atoms with Crippen molar-refractivity contribution in [2.45, 2.75) is 6.92 Å². The fourth-order valence-electron chi connectivity index (χ4n) is 1.70. The van der Waals surface area contributed by atoms with E-state index in [2.05, 4.69) is 31.8 Å². The third-order valence-corrected chi connectivity index (χ3v) is 4.24. The molecule has 2 amide bonds. The maximum atomic E-state index is 11.8. The van der Waals surface area contributed by atoms with Crippen molar-refractivity contribution in [2.24, 2.45) is 5.10 Å². The van der Waals surface area contributed by atoms with Gasteiger partial charge in [-0.15, -0.1) is 0 Å². The lowest BCUT2D eigenvalue weighted by Gasteiger charge is -2.06. The van der Waals surface area contributed by atoms with Gasteiger partial charge in [-0.05, 0) is 42.8 Å². The number of rotatable bonds is 3. The van der Waals surface area contributed by atoms with Crippen LogP contribution < -0.4 is 10.7 Å². The van der Waals surface area contributed by atoms with Gasteiger partial charge in [0.2, 0.25) is 0 Å². The Morgan fingerprint density at radius 2 is 1.67 bits per heavy atom. The lowest BCUT2D eigenvalue weighted by Crippen LogP contribution is -2.32. The zero-order chi connectivity index (χ0) is 17.7. The Morgan fingerprint density at radius 1 is 1.00 bits per heavy atom. The minimum absolute atomic E-state index is 0.277. The van der Waals surface area contributed by atoms with E-state index in [9.17, 15) is 9.59 Å². The maximum absolute atomic E-state index is 11.8. The predicted molar refractivity (Wildman–Crippen MR) is 99.6 cm³/mol. The van der Waals surface area contributed by atoms with Gasteiger partial charge in [-0.3, -0.25) is 9.59 Å². The number of amides is 2. The molecule has 2 rings (SSSR count). The summed E-state index contributed by atoms with van der Waals surface area (Å²) in [4.78, 5) is 23.6. The summed E-state index contributed by atoms with van der Waals surface area (Å²) in [6.07, 6.45) is 0. The molecule has 0 fully saturated rings. The van der Waals surface area contributed by atoms with Crippen LogP contribution in [0.25, 0.3) is 0 Å². The Bertz CT molecular complexity index is 807. The number of anilines is 1. The highest BCUT2D eigenvalue weighted by molar-refractivity contribution is 9.10. The molecule has 8 heteroatoms. The molecule has 0 aliphatic heterocycles. The minimum atomic E-state index is -0.891. The Balaban J connectivity index is 1.98. The van der Waals surface area contributed by atoms with Gasteiger partial charge < -0.3 is 5.32 Å². The van der Waals surface area contributed by atoms with Crippen molar-refractivity contribution in [1.29, 1.82) is 0 Å². The van der Waals surface area contributed by atoms with E-state index in [0.29, 0.717) is 16.4 Å². The molecular formula is C16H12BrCl2N3O2. The van der Waals surface area contributed by atoms with Gasteiger partial charge in [-0.25, -0.2) is 5.43 Å². The molecule has 0 aliphatic rings. The number of benzene rings is 2. The topological polar surface area (TPSA) is 70.6 Å². The third kappa shape index (κ3) is 5.06. The second kappa shape index (κ2) is 8.28. The number of hydrazone groups is 1. The van der Waals surface area contributed by atoms with Crippen LogP contribution in [0.1, 0.15) is 12.5 Å². The first-order chi connectivity index (χ1) is 11.4. The number of carbonyl (C=O) groups is 2. The van der Waals surface area contributed by atoms with E-state index in [4.69, 9.17) is 23.2 Å². The number of hydrogen-bond donors (Lipinski definition) is 2. The summed E-state index contributed by atoms with van der Waals surface area (Å²) in [6.45, 7) is 1.72. The Labute approximate surface area is 157 Å². The number of carbonyl (C=O) groups excluding carboxylic acids is 2. The molecule has 2 N–H and O–H groups in total. The zero-order valence-electron chi connectivity index (χ0n) is 12.4. The number of nitrogens with one attached hydrogen (secondary N) is 2. The molecule has 0 saturated carbocycles. The molecular weight excluding hydrogens is 417 g/mol. The van der Waals surface area contributed by atoms with Gasteiger partial charge in [0.15, 0.2) is 0 Å². The quantitative estimate of drug-likeness (QED) is 0.436. The average molecular weight is 429 g/mol. The van der Waals surface area contributed by atoms with Gasteiger partial charge >= 0.3 is 11.8 Å². The standard InChI is InChI=1S/C16H12BrCl2N3O2/c1-9(10-2-4-11(17)5-3-10)21-22-16(24)15(23)20-12-6-7-13(18)14(19)8-12/h2-8H,1H3,(H,20,23)(H,22,24)/b21-9+. The summed E-state index contributed by atoms with van der Waals surface area (Å²) in [5, 5.41) is 6.96. The summed E-state index contributed by atoms with van der Waals surface area (Å²) < 4.78 is 0.934. The highest BCUT2D eigenvalue weighted by Crippen LogP contribution is 2.24. The van der Waals surface area contributed by atoms with Gasteiger partial charge in [-0.2, -0.15) is 5.10 Å². The second-order valence-electron chi connectivity index (χ2n) is 4.73. The second-order valence-corrected chi connectivity index (χ2v) is 6.46. The summed E-state index contributed by atoms with van der Waals surface area (Å²) in [6, 6.07) is 11.9. The molecule has 24 heavy (non-hydrogen) atoms. The van der Waals surface area contributed by atoms with Gasteiger partial charge in [0, 0.05) is 10.2 Å². The monoisotopic (exact) mass is 427 g/mol. The Hall–Kier alpha value is -1.89. The van der Waals surface area contributed by atoms with Crippen LogP contribution in [0.4, 0.5) is 5.69 Å². The summed E-state index contributed by atoms with van der Waals surface area (Å²) in [5.41, 5.74) is 3.96. The van der Waals surface area contributed by atoms with E-state index < -0.39 is 11.8 Å². The molecule has 0 radical (unpaired) electrons. The van der Waals surface area contributed by atoms with Crippen LogP contribution in [0.15, 0.2) is 52.0 Å². The van der Waals surface area contributed by atoms with Crippen molar-refractivity contribution in [2.75, 3.05) is 5.32 Å². The molecule has 0 heterocycles. The van der Waals surface area contributed by atoms with Crippen molar-refractivity contribution in [3.05, 3.63) is 62.5 Å². The van der Waals surface area contributed by atoms with E-state index >= 15 is 0 Å². The van der Waals surface area contributed by atoms with Crippen LogP contribution in [0.5, 0.6) is 0 Å². The number of nitrogens with zero attached hydrogens (tertiary/aromatic N) is 1.